The van der Waals surface area contributed by atoms with Crippen molar-refractivity contribution < 1.29 is 28.3 Å². The molecule has 0 aromatic carbocycles. The van der Waals surface area contributed by atoms with E-state index >= 15 is 0 Å². The summed E-state index contributed by atoms with van der Waals surface area (Å²) in [5, 5.41) is 10.8. The molecule has 0 saturated carbocycles. The van der Waals surface area contributed by atoms with Crippen molar-refractivity contribution in [3.8, 4) is 0 Å². The van der Waals surface area contributed by atoms with Crippen LogP contribution in [-0.4, -0.2) is 47.1 Å². The number of aliphatic carboxylic acids is 1. The molecule has 8 heteroatoms. The molecule has 1 aliphatic rings. The largest absolute Gasteiger partial charge is 0.480 e. The number of carboxylic acids is 1. The van der Waals surface area contributed by atoms with Crippen LogP contribution in [-0.2, 0) is 20.9 Å². The zero-order valence-electron chi connectivity index (χ0n) is 11.1. The molecule has 2 unspecified atom stereocenters. The van der Waals surface area contributed by atoms with E-state index in [-0.39, 0.29) is 25.4 Å². The SMILES string of the molecule is O=C(NC(CF)C(=O)O)C1CC(=O)N(Cc2ccco2)C1. The lowest BCUT2D eigenvalue weighted by Crippen LogP contribution is -2.45. The molecule has 2 amide bonds. The Morgan fingerprint density at radius 2 is 2.33 bits per heavy atom. The van der Waals surface area contributed by atoms with Crippen molar-refractivity contribution >= 4 is 17.8 Å². The van der Waals surface area contributed by atoms with Crippen LogP contribution < -0.4 is 5.32 Å². The summed E-state index contributed by atoms with van der Waals surface area (Å²) in [6.07, 6.45) is 1.46. The number of likely N-dealkylation sites (tertiary alicyclic amines) is 1. The molecule has 1 saturated heterocycles. The molecule has 1 aromatic rings. The molecule has 2 heterocycles. The van der Waals surface area contributed by atoms with E-state index in [4.69, 9.17) is 9.52 Å². The number of carboxylic acid groups (broad SMARTS) is 1. The molecule has 2 rings (SSSR count). The van der Waals surface area contributed by atoms with E-state index in [1.807, 2.05) is 0 Å². The number of nitrogens with zero attached hydrogens (tertiary/aromatic N) is 1. The fourth-order valence-corrected chi connectivity index (χ4v) is 2.15. The van der Waals surface area contributed by atoms with E-state index in [0.29, 0.717) is 5.76 Å². The second-order valence-corrected chi connectivity index (χ2v) is 4.81. The fourth-order valence-electron chi connectivity index (χ4n) is 2.15. The van der Waals surface area contributed by atoms with Crippen LogP contribution in [0.4, 0.5) is 4.39 Å². The third-order valence-corrected chi connectivity index (χ3v) is 3.28. The van der Waals surface area contributed by atoms with Crippen LogP contribution in [0.15, 0.2) is 22.8 Å². The number of furan rings is 1. The maximum absolute atomic E-state index is 12.5. The number of alkyl halides is 1. The first-order valence-corrected chi connectivity index (χ1v) is 6.40. The lowest BCUT2D eigenvalue weighted by Gasteiger charge is -2.16. The van der Waals surface area contributed by atoms with Gasteiger partial charge in [0.1, 0.15) is 12.4 Å². The van der Waals surface area contributed by atoms with Gasteiger partial charge in [0, 0.05) is 13.0 Å². The molecule has 0 spiro atoms. The van der Waals surface area contributed by atoms with Gasteiger partial charge in [0.05, 0.1) is 18.7 Å². The van der Waals surface area contributed by atoms with Crippen LogP contribution in [0.1, 0.15) is 12.2 Å². The van der Waals surface area contributed by atoms with Crippen LogP contribution in [0, 0.1) is 5.92 Å². The molecule has 0 radical (unpaired) electrons. The maximum atomic E-state index is 12.5. The van der Waals surface area contributed by atoms with Crippen molar-refractivity contribution in [2.45, 2.75) is 19.0 Å². The molecule has 7 nitrogen and oxygen atoms in total. The minimum Gasteiger partial charge on any atom is -0.480 e. The molecular weight excluding hydrogens is 283 g/mol. The normalized spacial score (nSPS) is 19.6. The van der Waals surface area contributed by atoms with Crippen LogP contribution in [0.25, 0.3) is 0 Å². The van der Waals surface area contributed by atoms with Crippen LogP contribution >= 0.6 is 0 Å². The average molecular weight is 298 g/mol. The van der Waals surface area contributed by atoms with Gasteiger partial charge in [-0.25, -0.2) is 9.18 Å². The maximum Gasteiger partial charge on any atom is 0.328 e. The van der Waals surface area contributed by atoms with Crippen molar-refractivity contribution in [1.82, 2.24) is 10.2 Å². The number of halogens is 1. The second kappa shape index (κ2) is 6.38. The Morgan fingerprint density at radius 3 is 2.90 bits per heavy atom. The minimum absolute atomic E-state index is 0.0227. The summed E-state index contributed by atoms with van der Waals surface area (Å²) in [6.45, 7) is -0.789. The molecule has 2 N–H and O–H groups in total. The number of carbonyl (C=O) groups excluding carboxylic acids is 2. The number of rotatable bonds is 6. The highest BCUT2D eigenvalue weighted by Gasteiger charge is 2.36. The quantitative estimate of drug-likeness (QED) is 0.779. The van der Waals surface area contributed by atoms with Gasteiger partial charge in [-0.2, -0.15) is 0 Å². The summed E-state index contributed by atoms with van der Waals surface area (Å²) >= 11 is 0. The van der Waals surface area contributed by atoms with E-state index in [1.165, 1.54) is 11.2 Å². The summed E-state index contributed by atoms with van der Waals surface area (Å²) in [5.74, 6) is -2.38. The highest BCUT2D eigenvalue weighted by molar-refractivity contribution is 5.91. The summed E-state index contributed by atoms with van der Waals surface area (Å²) in [5.41, 5.74) is 0. The van der Waals surface area contributed by atoms with Gasteiger partial charge < -0.3 is 19.7 Å². The van der Waals surface area contributed by atoms with Crippen molar-refractivity contribution in [2.24, 2.45) is 5.92 Å². The van der Waals surface area contributed by atoms with Crippen molar-refractivity contribution in [3.05, 3.63) is 24.2 Å². The Kier molecular flexibility index (Phi) is 4.56. The first kappa shape index (κ1) is 15.0. The van der Waals surface area contributed by atoms with Gasteiger partial charge in [-0.05, 0) is 12.1 Å². The predicted molar refractivity (Wildman–Crippen MR) is 67.8 cm³/mol. The van der Waals surface area contributed by atoms with Gasteiger partial charge in [0.25, 0.3) is 0 Å². The molecule has 21 heavy (non-hydrogen) atoms. The molecule has 1 fully saturated rings. The smallest absolute Gasteiger partial charge is 0.328 e. The molecule has 0 bridgehead atoms. The van der Waals surface area contributed by atoms with E-state index in [9.17, 15) is 18.8 Å². The number of hydrogen-bond donors (Lipinski definition) is 2. The third-order valence-electron chi connectivity index (χ3n) is 3.28. The van der Waals surface area contributed by atoms with Gasteiger partial charge in [-0.15, -0.1) is 0 Å². The number of amides is 2. The van der Waals surface area contributed by atoms with Crippen LogP contribution in [0.5, 0.6) is 0 Å². The minimum atomic E-state index is -1.58. The van der Waals surface area contributed by atoms with Crippen LogP contribution in [0.2, 0.25) is 0 Å². The molecule has 1 aromatic heterocycles. The highest BCUT2D eigenvalue weighted by Crippen LogP contribution is 2.20. The van der Waals surface area contributed by atoms with Crippen molar-refractivity contribution in [2.75, 3.05) is 13.2 Å². The van der Waals surface area contributed by atoms with Gasteiger partial charge >= 0.3 is 5.97 Å². The van der Waals surface area contributed by atoms with Crippen LogP contribution in [0.3, 0.4) is 0 Å². The Hall–Kier alpha value is -2.38. The van der Waals surface area contributed by atoms with Crippen molar-refractivity contribution in [3.63, 3.8) is 0 Å². The third kappa shape index (κ3) is 3.59. The Labute approximate surface area is 119 Å². The van der Waals surface area contributed by atoms with Gasteiger partial charge in [0.15, 0.2) is 6.04 Å². The zero-order chi connectivity index (χ0) is 15.4. The molecule has 1 aliphatic heterocycles. The van der Waals surface area contributed by atoms with Crippen molar-refractivity contribution in [1.29, 1.82) is 0 Å². The Bertz CT molecular complexity index is 531. The fraction of sp³-hybridized carbons (Fsp3) is 0.462. The van der Waals surface area contributed by atoms with Gasteiger partial charge in [0.2, 0.25) is 11.8 Å². The Morgan fingerprint density at radius 1 is 1.57 bits per heavy atom. The zero-order valence-corrected chi connectivity index (χ0v) is 11.1. The number of carbonyl (C=O) groups is 3. The molecule has 114 valence electrons. The number of nitrogens with one attached hydrogen (secondary N) is 1. The van der Waals surface area contributed by atoms with Gasteiger partial charge in [-0.3, -0.25) is 9.59 Å². The van der Waals surface area contributed by atoms with E-state index < -0.39 is 30.5 Å². The predicted octanol–water partition coefficient (Wildman–Crippen LogP) is 0.167. The molecule has 2 atom stereocenters. The lowest BCUT2D eigenvalue weighted by molar-refractivity contribution is -0.142. The highest BCUT2D eigenvalue weighted by atomic mass is 19.1. The number of hydrogen-bond acceptors (Lipinski definition) is 4. The first-order valence-electron chi connectivity index (χ1n) is 6.40. The van der Waals surface area contributed by atoms with E-state index in [2.05, 4.69) is 5.32 Å². The second-order valence-electron chi connectivity index (χ2n) is 4.81. The summed E-state index contributed by atoms with van der Waals surface area (Å²) in [6, 6.07) is 1.83. The average Bonchev–Trinajstić information content (AvgIpc) is 3.06. The summed E-state index contributed by atoms with van der Waals surface area (Å²) in [7, 11) is 0. The molecular formula is C13H15FN2O5. The van der Waals surface area contributed by atoms with Gasteiger partial charge in [-0.1, -0.05) is 0 Å². The summed E-state index contributed by atoms with van der Waals surface area (Å²) < 4.78 is 17.6. The van der Waals surface area contributed by atoms with E-state index in [0.717, 1.165) is 0 Å². The topological polar surface area (TPSA) is 99.8 Å². The molecule has 0 aliphatic carbocycles. The standard InChI is InChI=1S/C13H15FN2O5/c14-5-10(13(19)20)15-12(18)8-4-11(17)16(6-8)7-9-2-1-3-21-9/h1-3,8,10H,4-7H2,(H,15,18)(H,19,20). The first-order chi connectivity index (χ1) is 10.0. The van der Waals surface area contributed by atoms with E-state index in [1.54, 1.807) is 12.1 Å². The summed E-state index contributed by atoms with van der Waals surface area (Å²) in [4.78, 5) is 35.8. The monoisotopic (exact) mass is 298 g/mol. The Balaban J connectivity index is 1.92. The lowest BCUT2D eigenvalue weighted by atomic mass is 10.1.